The van der Waals surface area contributed by atoms with E-state index in [-0.39, 0.29) is 6.10 Å². The van der Waals surface area contributed by atoms with Gasteiger partial charge in [-0.2, -0.15) is 0 Å². The molecule has 1 aromatic heterocycles. The average Bonchev–Trinajstić information content (AvgIpc) is 3.26. The molecule has 27 heavy (non-hydrogen) atoms. The van der Waals surface area contributed by atoms with Crippen molar-refractivity contribution in [1.82, 2.24) is 9.55 Å². The summed E-state index contributed by atoms with van der Waals surface area (Å²) in [6.45, 7) is 0.539. The maximum Gasteiger partial charge on any atom is 0.108 e. The maximum atomic E-state index is 6.31. The van der Waals surface area contributed by atoms with E-state index >= 15 is 0 Å². The van der Waals surface area contributed by atoms with Crippen LogP contribution in [-0.2, 0) is 11.3 Å². The first-order valence-electron chi connectivity index (χ1n) is 8.79. The van der Waals surface area contributed by atoms with Crippen LogP contribution >= 0.6 is 11.6 Å². The van der Waals surface area contributed by atoms with Gasteiger partial charge in [0.1, 0.15) is 6.10 Å². The first-order chi connectivity index (χ1) is 13.3. The zero-order valence-corrected chi connectivity index (χ0v) is 15.5. The molecular weight excluding hydrogens is 356 g/mol. The van der Waals surface area contributed by atoms with E-state index in [2.05, 4.69) is 41.4 Å². The number of ether oxygens (including phenoxy) is 1. The lowest BCUT2D eigenvalue weighted by atomic mass is 10.0. The van der Waals surface area contributed by atoms with Gasteiger partial charge in [-0.05, 0) is 41.0 Å². The number of imidazole rings is 1. The summed E-state index contributed by atoms with van der Waals surface area (Å²) >= 11 is 6.06. The summed E-state index contributed by atoms with van der Waals surface area (Å²) in [7, 11) is 0. The fourth-order valence-electron chi connectivity index (χ4n) is 3.01. The van der Waals surface area contributed by atoms with Gasteiger partial charge in [0, 0.05) is 23.1 Å². The van der Waals surface area contributed by atoms with Gasteiger partial charge in [-0.3, -0.25) is 0 Å². The van der Waals surface area contributed by atoms with Crippen LogP contribution in [0.3, 0.4) is 0 Å². The van der Waals surface area contributed by atoms with Crippen LogP contribution in [0.4, 0.5) is 0 Å². The highest BCUT2D eigenvalue weighted by Crippen LogP contribution is 2.29. The Labute approximate surface area is 163 Å². The molecule has 0 saturated carbocycles. The lowest BCUT2D eigenvalue weighted by Crippen LogP contribution is -2.07. The molecule has 0 radical (unpaired) electrons. The summed E-state index contributed by atoms with van der Waals surface area (Å²) in [6, 6.07) is 26.4. The predicted molar refractivity (Wildman–Crippen MR) is 108 cm³/mol. The second kappa shape index (κ2) is 8.21. The molecule has 134 valence electrons. The third kappa shape index (κ3) is 4.27. The number of nitrogens with zero attached hydrogens (tertiary/aromatic N) is 2. The van der Waals surface area contributed by atoms with Crippen molar-refractivity contribution in [2.24, 2.45) is 0 Å². The van der Waals surface area contributed by atoms with Crippen LogP contribution in [0.25, 0.3) is 5.69 Å². The second-order valence-electron chi connectivity index (χ2n) is 6.29. The molecule has 0 aliphatic carbocycles. The molecule has 1 heterocycles. The number of hydrogen-bond acceptors (Lipinski definition) is 2. The van der Waals surface area contributed by atoms with Crippen molar-refractivity contribution in [3.63, 3.8) is 0 Å². The summed E-state index contributed by atoms with van der Waals surface area (Å²) < 4.78 is 8.29. The van der Waals surface area contributed by atoms with Crippen molar-refractivity contribution in [2.75, 3.05) is 0 Å². The molecule has 3 nitrogen and oxygen atoms in total. The number of rotatable bonds is 6. The summed E-state index contributed by atoms with van der Waals surface area (Å²) in [5, 5.41) is 0.719. The average molecular weight is 375 g/mol. The molecule has 0 spiro atoms. The van der Waals surface area contributed by atoms with E-state index in [1.807, 2.05) is 53.2 Å². The Morgan fingerprint density at radius 1 is 0.852 bits per heavy atom. The zero-order valence-electron chi connectivity index (χ0n) is 14.7. The van der Waals surface area contributed by atoms with E-state index in [1.165, 1.54) is 0 Å². The monoisotopic (exact) mass is 374 g/mol. The highest BCUT2D eigenvalue weighted by atomic mass is 35.5. The van der Waals surface area contributed by atoms with Crippen LogP contribution in [0, 0.1) is 0 Å². The normalized spacial score (nSPS) is 12.0. The Bertz CT molecular complexity index is 965. The summed E-state index contributed by atoms with van der Waals surface area (Å²) in [5.74, 6) is 0. The Morgan fingerprint density at radius 2 is 1.52 bits per heavy atom. The lowest BCUT2D eigenvalue weighted by Gasteiger charge is -2.20. The molecule has 4 heteroatoms. The van der Waals surface area contributed by atoms with Gasteiger partial charge in [-0.15, -0.1) is 0 Å². The minimum Gasteiger partial charge on any atom is -0.364 e. The van der Waals surface area contributed by atoms with Crippen molar-refractivity contribution in [1.29, 1.82) is 0 Å². The van der Waals surface area contributed by atoms with Gasteiger partial charge in [-0.1, -0.05) is 66.2 Å². The van der Waals surface area contributed by atoms with Gasteiger partial charge >= 0.3 is 0 Å². The van der Waals surface area contributed by atoms with Crippen molar-refractivity contribution < 1.29 is 4.74 Å². The Balaban J connectivity index is 1.61. The van der Waals surface area contributed by atoms with Crippen LogP contribution in [0.1, 0.15) is 22.8 Å². The minimum absolute atomic E-state index is 0.167. The van der Waals surface area contributed by atoms with Crippen LogP contribution in [0.5, 0.6) is 0 Å². The molecule has 1 atom stereocenters. The van der Waals surface area contributed by atoms with Crippen LogP contribution in [-0.4, -0.2) is 9.55 Å². The molecule has 0 aliphatic heterocycles. The van der Waals surface area contributed by atoms with Gasteiger partial charge in [0.15, 0.2) is 0 Å². The number of benzene rings is 3. The van der Waals surface area contributed by atoms with E-state index in [0.717, 1.165) is 27.4 Å². The zero-order chi connectivity index (χ0) is 18.5. The SMILES string of the molecule is Clc1ccc(C(OCc2ccccc2)c2ccc(-n3ccnc3)cc2)cc1. The Hall–Kier alpha value is -2.88. The molecule has 0 N–H and O–H groups in total. The molecule has 0 aliphatic rings. The van der Waals surface area contributed by atoms with Crippen molar-refractivity contribution in [3.05, 3.63) is 119 Å². The van der Waals surface area contributed by atoms with Crippen molar-refractivity contribution in [3.8, 4) is 5.69 Å². The topological polar surface area (TPSA) is 27.1 Å². The van der Waals surface area contributed by atoms with Crippen LogP contribution in [0.15, 0.2) is 97.6 Å². The number of aromatic nitrogens is 2. The molecule has 0 amide bonds. The third-order valence-corrected chi connectivity index (χ3v) is 4.68. The van der Waals surface area contributed by atoms with Gasteiger partial charge in [0.05, 0.1) is 12.9 Å². The molecule has 0 fully saturated rings. The molecule has 1 unspecified atom stereocenters. The van der Waals surface area contributed by atoms with Crippen molar-refractivity contribution in [2.45, 2.75) is 12.7 Å². The second-order valence-corrected chi connectivity index (χ2v) is 6.73. The smallest absolute Gasteiger partial charge is 0.108 e. The number of hydrogen-bond donors (Lipinski definition) is 0. The van der Waals surface area contributed by atoms with E-state index in [0.29, 0.717) is 6.61 Å². The highest BCUT2D eigenvalue weighted by Gasteiger charge is 2.15. The first kappa shape index (κ1) is 17.5. The fraction of sp³-hybridized carbons (Fsp3) is 0.0870. The molecule has 0 saturated heterocycles. The molecule has 4 rings (SSSR count). The van der Waals surface area contributed by atoms with E-state index in [9.17, 15) is 0 Å². The first-order valence-corrected chi connectivity index (χ1v) is 9.17. The van der Waals surface area contributed by atoms with E-state index in [4.69, 9.17) is 16.3 Å². The van der Waals surface area contributed by atoms with Gasteiger partial charge < -0.3 is 9.30 Å². The van der Waals surface area contributed by atoms with E-state index in [1.54, 1.807) is 12.5 Å². The van der Waals surface area contributed by atoms with Crippen LogP contribution < -0.4 is 0 Å². The maximum absolute atomic E-state index is 6.31. The Kier molecular flexibility index (Phi) is 5.33. The minimum atomic E-state index is -0.167. The Morgan fingerprint density at radius 3 is 2.15 bits per heavy atom. The summed E-state index contributed by atoms with van der Waals surface area (Å²) in [6.07, 6.45) is 5.32. The van der Waals surface area contributed by atoms with Gasteiger partial charge in [0.25, 0.3) is 0 Å². The molecule has 3 aromatic carbocycles. The quantitative estimate of drug-likeness (QED) is 0.424. The largest absolute Gasteiger partial charge is 0.364 e. The van der Waals surface area contributed by atoms with Crippen LogP contribution in [0.2, 0.25) is 5.02 Å². The molecule has 4 aromatic rings. The van der Waals surface area contributed by atoms with E-state index < -0.39 is 0 Å². The van der Waals surface area contributed by atoms with Gasteiger partial charge in [-0.25, -0.2) is 4.98 Å². The predicted octanol–water partition coefficient (Wildman–Crippen LogP) is 5.83. The molecular formula is C23H19ClN2O. The third-order valence-electron chi connectivity index (χ3n) is 4.43. The van der Waals surface area contributed by atoms with Crippen molar-refractivity contribution >= 4 is 11.6 Å². The summed E-state index contributed by atoms with van der Waals surface area (Å²) in [4.78, 5) is 4.10. The number of halogens is 1. The fourth-order valence-corrected chi connectivity index (χ4v) is 3.14. The highest BCUT2D eigenvalue weighted by molar-refractivity contribution is 6.30. The summed E-state index contributed by atoms with van der Waals surface area (Å²) in [5.41, 5.74) is 4.38. The van der Waals surface area contributed by atoms with Gasteiger partial charge in [0.2, 0.25) is 0 Å². The lowest BCUT2D eigenvalue weighted by molar-refractivity contribution is 0.0667. The molecule has 0 bridgehead atoms. The standard InChI is InChI=1S/C23H19ClN2O/c24-21-10-6-19(7-11-21)23(27-16-18-4-2-1-3-5-18)20-8-12-22(13-9-20)26-15-14-25-17-26/h1-15,17,23H,16H2.